The molecule has 0 saturated heterocycles. The van der Waals surface area contributed by atoms with Crippen LogP contribution in [0.2, 0.25) is 18.1 Å². The lowest BCUT2D eigenvalue weighted by Gasteiger charge is -2.53. The molecule has 26 heavy (non-hydrogen) atoms. The quantitative estimate of drug-likeness (QED) is 0.298. The van der Waals surface area contributed by atoms with Crippen molar-refractivity contribution in [2.45, 2.75) is 70.9 Å². The van der Waals surface area contributed by atoms with Crippen LogP contribution >= 0.6 is 0 Å². The molecule has 5 nitrogen and oxygen atoms in total. The zero-order chi connectivity index (χ0) is 19.8. The molecule has 2 rings (SSSR count). The topological polar surface area (TPSA) is 54.0 Å². The first-order valence-electron chi connectivity index (χ1n) is 9.51. The molecule has 0 unspecified atom stereocenters. The maximum absolute atomic E-state index is 12.4. The van der Waals surface area contributed by atoms with Crippen molar-refractivity contribution in [2.75, 3.05) is 21.0 Å². The second-order valence-corrected chi connectivity index (χ2v) is 14.2. The lowest BCUT2D eigenvalue weighted by molar-refractivity contribution is -0.185. The van der Waals surface area contributed by atoms with Gasteiger partial charge >= 0.3 is 5.97 Å². The van der Waals surface area contributed by atoms with Gasteiger partial charge < -0.3 is 18.6 Å². The van der Waals surface area contributed by atoms with Gasteiger partial charge in [-0.25, -0.2) is 0 Å². The predicted octanol–water partition coefficient (Wildman–Crippen LogP) is 4.14. The molecule has 0 aromatic rings. The molecule has 5 atom stereocenters. The minimum atomic E-state index is -2.00. The van der Waals surface area contributed by atoms with Crippen LogP contribution in [0.25, 0.3) is 0 Å². The molecule has 0 aromatic carbocycles. The number of fused-ring (bicyclic) bond motifs is 1. The number of carbonyl (C=O) groups excluding carboxylic acids is 1. The van der Waals surface area contributed by atoms with E-state index >= 15 is 0 Å². The molecule has 0 amide bonds. The predicted molar refractivity (Wildman–Crippen MR) is 104 cm³/mol. The van der Waals surface area contributed by atoms with Crippen LogP contribution in [-0.2, 0) is 23.4 Å². The molecule has 0 spiro atoms. The van der Waals surface area contributed by atoms with E-state index in [9.17, 15) is 4.79 Å². The van der Waals surface area contributed by atoms with E-state index in [1.807, 2.05) is 0 Å². The highest BCUT2D eigenvalue weighted by Crippen LogP contribution is 2.55. The summed E-state index contributed by atoms with van der Waals surface area (Å²) >= 11 is 0. The fourth-order valence-electron chi connectivity index (χ4n) is 4.08. The summed E-state index contributed by atoms with van der Waals surface area (Å²) in [7, 11) is 1.07. The second kappa shape index (κ2) is 7.74. The van der Waals surface area contributed by atoms with E-state index in [0.717, 1.165) is 6.42 Å². The van der Waals surface area contributed by atoms with E-state index in [1.165, 1.54) is 7.11 Å². The zero-order valence-electron chi connectivity index (χ0n) is 17.6. The van der Waals surface area contributed by atoms with Crippen LogP contribution < -0.4 is 0 Å². The van der Waals surface area contributed by atoms with Crippen LogP contribution in [0.1, 0.15) is 40.5 Å². The number of methoxy groups -OCH3 is 2. The minimum Gasteiger partial charge on any atom is -0.469 e. The van der Waals surface area contributed by atoms with Crippen molar-refractivity contribution in [2.24, 2.45) is 17.3 Å². The molecular formula is C20H36O5Si. The molecule has 0 bridgehead atoms. The van der Waals surface area contributed by atoms with Gasteiger partial charge in [-0.2, -0.15) is 0 Å². The largest absolute Gasteiger partial charge is 0.469 e. The first-order chi connectivity index (χ1) is 12.0. The van der Waals surface area contributed by atoms with Gasteiger partial charge in [-0.05, 0) is 36.9 Å². The normalized spacial score (nSPS) is 34.6. The van der Waals surface area contributed by atoms with Crippen LogP contribution in [0, 0.1) is 17.3 Å². The van der Waals surface area contributed by atoms with Crippen molar-refractivity contribution in [1.82, 2.24) is 0 Å². The molecule has 0 aromatic heterocycles. The van der Waals surface area contributed by atoms with Gasteiger partial charge in [0.15, 0.2) is 8.32 Å². The fraction of sp³-hybridized carbons (Fsp3) is 0.850. The third-order valence-electron chi connectivity index (χ3n) is 6.70. The Labute approximate surface area is 159 Å². The number of esters is 1. The molecule has 0 radical (unpaired) electrons. The highest BCUT2D eigenvalue weighted by molar-refractivity contribution is 6.74. The van der Waals surface area contributed by atoms with Crippen molar-refractivity contribution in [3.63, 3.8) is 0 Å². The smallest absolute Gasteiger partial charge is 0.309 e. The molecule has 2 aliphatic carbocycles. The number of carbonyl (C=O) groups is 1. The van der Waals surface area contributed by atoms with E-state index in [1.54, 1.807) is 7.11 Å². The second-order valence-electron chi connectivity index (χ2n) is 9.44. The zero-order valence-corrected chi connectivity index (χ0v) is 18.6. The van der Waals surface area contributed by atoms with Crippen molar-refractivity contribution in [1.29, 1.82) is 0 Å². The summed E-state index contributed by atoms with van der Waals surface area (Å²) in [5.41, 5.74) is -0.176. The van der Waals surface area contributed by atoms with Gasteiger partial charge in [-0.1, -0.05) is 39.8 Å². The number of hydrogen-bond acceptors (Lipinski definition) is 5. The van der Waals surface area contributed by atoms with E-state index < -0.39 is 8.32 Å². The first-order valence-corrected chi connectivity index (χ1v) is 12.4. The maximum atomic E-state index is 12.4. The first kappa shape index (κ1) is 21.6. The molecule has 1 fully saturated rings. The molecule has 1 saturated carbocycles. The minimum absolute atomic E-state index is 0.0700. The van der Waals surface area contributed by atoms with Crippen molar-refractivity contribution in [3.05, 3.63) is 12.2 Å². The van der Waals surface area contributed by atoms with Crippen LogP contribution in [0.15, 0.2) is 12.2 Å². The maximum Gasteiger partial charge on any atom is 0.309 e. The van der Waals surface area contributed by atoms with Gasteiger partial charge in [0.05, 0.1) is 25.2 Å². The van der Waals surface area contributed by atoms with Crippen LogP contribution in [0.5, 0.6) is 0 Å². The third-order valence-corrected chi connectivity index (χ3v) is 11.2. The van der Waals surface area contributed by atoms with Crippen molar-refractivity contribution >= 4 is 14.3 Å². The van der Waals surface area contributed by atoms with Gasteiger partial charge in [0, 0.05) is 12.5 Å². The average molecular weight is 385 g/mol. The Balaban J connectivity index is 2.38. The highest BCUT2D eigenvalue weighted by Gasteiger charge is 2.58. The summed E-state index contributed by atoms with van der Waals surface area (Å²) in [6, 6.07) is 0. The molecular weight excluding hydrogens is 348 g/mol. The summed E-state index contributed by atoms with van der Waals surface area (Å²) in [5, 5.41) is 0.107. The Morgan fingerprint density at radius 1 is 1.27 bits per heavy atom. The lowest BCUT2D eigenvalue weighted by atomic mass is 9.61. The Hall–Kier alpha value is -0.693. The average Bonchev–Trinajstić information content (AvgIpc) is 2.95. The Bertz CT molecular complexity index is 539. The van der Waals surface area contributed by atoms with E-state index in [0.29, 0.717) is 6.42 Å². The Morgan fingerprint density at radius 2 is 1.92 bits per heavy atom. The van der Waals surface area contributed by atoms with Gasteiger partial charge in [0.25, 0.3) is 0 Å². The number of ether oxygens (including phenoxy) is 3. The van der Waals surface area contributed by atoms with E-state index in [2.05, 4.69) is 52.9 Å². The number of hydrogen-bond donors (Lipinski definition) is 0. The Kier molecular flexibility index (Phi) is 6.43. The van der Waals surface area contributed by atoms with E-state index in [4.69, 9.17) is 18.6 Å². The van der Waals surface area contributed by atoms with Gasteiger partial charge in [-0.15, -0.1) is 0 Å². The van der Waals surface area contributed by atoms with Gasteiger partial charge in [0.1, 0.15) is 6.79 Å². The third kappa shape index (κ3) is 3.93. The monoisotopic (exact) mass is 384 g/mol. The molecule has 0 N–H and O–H groups in total. The lowest BCUT2D eigenvalue weighted by Crippen LogP contribution is -2.59. The van der Waals surface area contributed by atoms with Crippen molar-refractivity contribution < 1.29 is 23.4 Å². The molecule has 150 valence electrons. The molecule has 0 heterocycles. The van der Waals surface area contributed by atoms with Crippen LogP contribution in [-0.4, -0.2) is 47.5 Å². The van der Waals surface area contributed by atoms with Crippen LogP contribution in [0.3, 0.4) is 0 Å². The highest BCUT2D eigenvalue weighted by atomic mass is 28.4. The summed E-state index contributed by atoms with van der Waals surface area (Å²) in [5.74, 6) is -0.249. The molecule has 0 aliphatic heterocycles. The fourth-order valence-corrected chi connectivity index (χ4v) is 5.49. The van der Waals surface area contributed by atoms with Crippen LogP contribution in [0.4, 0.5) is 0 Å². The number of rotatable bonds is 6. The standard InChI is InChI=1S/C20H36O5Si/c1-19(2,3)26(7,8)25-17-16(24-13-22-5)12-14(18(21)23-6)15-10-9-11-20(15,17)4/h9-10,14-17H,11-13H2,1-8H3/t14-,15-,16+,17-,20-/m0/s1. The summed E-state index contributed by atoms with van der Waals surface area (Å²) in [6.07, 6.45) is 5.59. The van der Waals surface area contributed by atoms with E-state index in [-0.39, 0.29) is 47.3 Å². The van der Waals surface area contributed by atoms with Gasteiger partial charge in [-0.3, -0.25) is 4.79 Å². The Morgan fingerprint density at radius 3 is 2.46 bits per heavy atom. The molecule has 2 aliphatic rings. The summed E-state index contributed by atoms with van der Waals surface area (Å²) in [6.45, 7) is 13.7. The SMILES string of the molecule is COCO[C@@H]1C[C@H](C(=O)OC)[C@@H]2C=CC[C@]2(C)[C@H]1O[Si](C)(C)C(C)(C)C. The number of allylic oxidation sites excluding steroid dienone is 2. The molecule has 6 heteroatoms. The van der Waals surface area contributed by atoms with Gasteiger partial charge in [0.2, 0.25) is 0 Å². The summed E-state index contributed by atoms with van der Waals surface area (Å²) < 4.78 is 23.2. The summed E-state index contributed by atoms with van der Waals surface area (Å²) in [4.78, 5) is 12.4. The van der Waals surface area contributed by atoms with Crippen molar-refractivity contribution in [3.8, 4) is 0 Å².